The Hall–Kier alpha value is -2.02. The maximum atomic E-state index is 13.5. The molecule has 0 aromatic heterocycles. The predicted molar refractivity (Wildman–Crippen MR) is 101 cm³/mol. The summed E-state index contributed by atoms with van der Waals surface area (Å²) in [7, 11) is 3.84. The van der Waals surface area contributed by atoms with Gasteiger partial charge in [-0.05, 0) is 56.4 Å². The third-order valence-electron chi connectivity index (χ3n) is 4.76. The van der Waals surface area contributed by atoms with E-state index in [1.165, 1.54) is 6.07 Å². The van der Waals surface area contributed by atoms with Crippen molar-refractivity contribution in [1.82, 2.24) is 9.80 Å². The SMILES string of the molecule is CN(C)C[C@@](C)(O)c1ccc2c(c1)CN(Cc1ccc(F)c(F)c1)CCO2. The number of rotatable bonds is 5. The summed E-state index contributed by atoms with van der Waals surface area (Å²) in [6.07, 6.45) is 0. The second kappa shape index (κ2) is 7.92. The molecule has 2 aromatic carbocycles. The molecule has 0 saturated carbocycles. The van der Waals surface area contributed by atoms with Crippen LogP contribution in [0.4, 0.5) is 8.78 Å². The molecule has 1 aliphatic rings. The lowest BCUT2D eigenvalue weighted by molar-refractivity contribution is 0.0299. The van der Waals surface area contributed by atoms with E-state index in [1.54, 1.807) is 13.0 Å². The lowest BCUT2D eigenvalue weighted by Gasteiger charge is -2.28. The van der Waals surface area contributed by atoms with Crippen molar-refractivity contribution in [2.45, 2.75) is 25.6 Å². The molecule has 0 spiro atoms. The fourth-order valence-corrected chi connectivity index (χ4v) is 3.52. The number of ether oxygens (including phenoxy) is 1. The average molecular weight is 376 g/mol. The number of halogens is 2. The van der Waals surface area contributed by atoms with Crippen LogP contribution in [0, 0.1) is 11.6 Å². The first-order valence-electron chi connectivity index (χ1n) is 9.04. The molecule has 0 unspecified atom stereocenters. The van der Waals surface area contributed by atoms with Crippen molar-refractivity contribution in [3.63, 3.8) is 0 Å². The summed E-state index contributed by atoms with van der Waals surface area (Å²) in [5.74, 6) is -0.871. The number of hydrogen-bond donors (Lipinski definition) is 1. The molecule has 4 nitrogen and oxygen atoms in total. The third kappa shape index (κ3) is 4.83. The summed E-state index contributed by atoms with van der Waals surface area (Å²) in [6.45, 7) is 4.61. The fraction of sp³-hybridized carbons (Fsp3) is 0.429. The van der Waals surface area contributed by atoms with Gasteiger partial charge in [0.25, 0.3) is 0 Å². The Bertz CT molecular complexity index is 809. The van der Waals surface area contributed by atoms with Crippen molar-refractivity contribution in [3.05, 3.63) is 64.7 Å². The lowest BCUT2D eigenvalue weighted by atomic mass is 9.93. The average Bonchev–Trinajstić information content (AvgIpc) is 2.78. The second-order valence-corrected chi connectivity index (χ2v) is 7.64. The Morgan fingerprint density at radius 3 is 2.63 bits per heavy atom. The van der Waals surface area contributed by atoms with Crippen LogP contribution in [0.5, 0.6) is 5.75 Å². The molecule has 1 N–H and O–H groups in total. The molecule has 3 rings (SSSR count). The molecule has 27 heavy (non-hydrogen) atoms. The van der Waals surface area contributed by atoms with Crippen LogP contribution in [0.15, 0.2) is 36.4 Å². The van der Waals surface area contributed by atoms with Gasteiger partial charge >= 0.3 is 0 Å². The molecular weight excluding hydrogens is 350 g/mol. The van der Waals surface area contributed by atoms with Crippen LogP contribution in [0.3, 0.4) is 0 Å². The Kier molecular flexibility index (Phi) is 5.79. The van der Waals surface area contributed by atoms with E-state index in [0.29, 0.717) is 38.3 Å². The van der Waals surface area contributed by atoms with Gasteiger partial charge < -0.3 is 14.7 Å². The molecule has 1 atom stereocenters. The standard InChI is InChI=1S/C21H26F2N2O2/c1-21(26,14-24(2)3)17-5-7-20-16(11-17)13-25(8-9-27-20)12-15-4-6-18(22)19(23)10-15/h4-7,10-11,26H,8-9,12-14H2,1-3H3/t21-/m1/s1. The molecule has 0 radical (unpaired) electrons. The molecule has 0 saturated heterocycles. The second-order valence-electron chi connectivity index (χ2n) is 7.64. The molecule has 146 valence electrons. The monoisotopic (exact) mass is 376 g/mol. The minimum Gasteiger partial charge on any atom is -0.492 e. The van der Waals surface area contributed by atoms with E-state index in [4.69, 9.17) is 4.74 Å². The molecular formula is C21H26F2N2O2. The Balaban J connectivity index is 1.80. The van der Waals surface area contributed by atoms with E-state index in [1.807, 2.05) is 37.2 Å². The van der Waals surface area contributed by atoms with E-state index < -0.39 is 17.2 Å². The molecule has 1 aliphatic heterocycles. The van der Waals surface area contributed by atoms with Crippen molar-refractivity contribution in [2.75, 3.05) is 33.8 Å². The molecule has 2 aromatic rings. The van der Waals surface area contributed by atoms with E-state index in [9.17, 15) is 13.9 Å². The van der Waals surface area contributed by atoms with Gasteiger partial charge in [0, 0.05) is 31.7 Å². The Morgan fingerprint density at radius 2 is 1.93 bits per heavy atom. The van der Waals surface area contributed by atoms with Gasteiger partial charge in [-0.3, -0.25) is 4.90 Å². The number of nitrogens with zero attached hydrogens (tertiary/aromatic N) is 2. The molecule has 6 heteroatoms. The highest BCUT2D eigenvalue weighted by Gasteiger charge is 2.26. The summed E-state index contributed by atoms with van der Waals surface area (Å²) in [5.41, 5.74) is 1.54. The van der Waals surface area contributed by atoms with Crippen molar-refractivity contribution < 1.29 is 18.6 Å². The number of fused-ring (bicyclic) bond motifs is 1. The third-order valence-corrected chi connectivity index (χ3v) is 4.76. The van der Waals surface area contributed by atoms with Gasteiger partial charge in [-0.2, -0.15) is 0 Å². The van der Waals surface area contributed by atoms with Crippen LogP contribution in [0.1, 0.15) is 23.6 Å². The number of benzene rings is 2. The quantitative estimate of drug-likeness (QED) is 0.870. The first-order chi connectivity index (χ1) is 12.7. The van der Waals surface area contributed by atoms with Gasteiger partial charge in [-0.1, -0.05) is 12.1 Å². The minimum absolute atomic E-state index is 0.498. The van der Waals surface area contributed by atoms with E-state index in [2.05, 4.69) is 4.90 Å². The first-order valence-corrected chi connectivity index (χ1v) is 9.04. The van der Waals surface area contributed by atoms with Gasteiger partial charge in [0.05, 0.1) is 5.60 Å². The Labute approximate surface area is 159 Å². The molecule has 0 fully saturated rings. The minimum atomic E-state index is -0.976. The van der Waals surface area contributed by atoms with E-state index in [-0.39, 0.29) is 0 Å². The zero-order chi connectivity index (χ0) is 19.6. The van der Waals surface area contributed by atoms with Crippen LogP contribution >= 0.6 is 0 Å². The van der Waals surface area contributed by atoms with Gasteiger partial charge in [-0.15, -0.1) is 0 Å². The van der Waals surface area contributed by atoms with Crippen LogP contribution in [0.2, 0.25) is 0 Å². The van der Waals surface area contributed by atoms with Crippen molar-refractivity contribution in [3.8, 4) is 5.75 Å². The van der Waals surface area contributed by atoms with E-state index >= 15 is 0 Å². The highest BCUT2D eigenvalue weighted by atomic mass is 19.2. The van der Waals surface area contributed by atoms with Crippen LogP contribution < -0.4 is 4.74 Å². The highest BCUT2D eigenvalue weighted by molar-refractivity contribution is 5.40. The first kappa shape index (κ1) is 19.7. The molecule has 0 aliphatic carbocycles. The van der Waals surface area contributed by atoms with Crippen LogP contribution in [-0.4, -0.2) is 48.7 Å². The number of hydrogen-bond acceptors (Lipinski definition) is 4. The molecule has 1 heterocycles. The van der Waals surface area contributed by atoms with E-state index in [0.717, 1.165) is 22.9 Å². The van der Waals surface area contributed by atoms with Gasteiger partial charge in [0.15, 0.2) is 11.6 Å². The number of aliphatic hydroxyl groups is 1. The summed E-state index contributed by atoms with van der Waals surface area (Å²) in [4.78, 5) is 4.07. The summed E-state index contributed by atoms with van der Waals surface area (Å²) in [5, 5.41) is 10.8. The molecule has 0 amide bonds. The summed E-state index contributed by atoms with van der Waals surface area (Å²) < 4.78 is 32.5. The highest BCUT2D eigenvalue weighted by Crippen LogP contribution is 2.30. The van der Waals surface area contributed by atoms with Crippen molar-refractivity contribution in [2.24, 2.45) is 0 Å². The maximum Gasteiger partial charge on any atom is 0.159 e. The molecule has 0 bridgehead atoms. The largest absolute Gasteiger partial charge is 0.492 e. The summed E-state index contributed by atoms with van der Waals surface area (Å²) in [6, 6.07) is 9.76. The predicted octanol–water partition coefficient (Wildman–Crippen LogP) is 3.13. The van der Waals surface area contributed by atoms with Crippen molar-refractivity contribution in [1.29, 1.82) is 0 Å². The Morgan fingerprint density at radius 1 is 1.15 bits per heavy atom. The van der Waals surface area contributed by atoms with Gasteiger partial charge in [-0.25, -0.2) is 8.78 Å². The van der Waals surface area contributed by atoms with Gasteiger partial charge in [0.2, 0.25) is 0 Å². The smallest absolute Gasteiger partial charge is 0.159 e. The zero-order valence-electron chi connectivity index (χ0n) is 16.0. The summed E-state index contributed by atoms with van der Waals surface area (Å²) >= 11 is 0. The van der Waals surface area contributed by atoms with Crippen LogP contribution in [0.25, 0.3) is 0 Å². The lowest BCUT2D eigenvalue weighted by Crippen LogP contribution is -2.34. The number of likely N-dealkylation sites (N-methyl/N-ethyl adjacent to an activating group) is 1. The van der Waals surface area contributed by atoms with Gasteiger partial charge in [0.1, 0.15) is 12.4 Å². The fourth-order valence-electron chi connectivity index (χ4n) is 3.52. The zero-order valence-corrected chi connectivity index (χ0v) is 16.0. The normalized spacial score (nSPS) is 17.1. The van der Waals surface area contributed by atoms with Crippen molar-refractivity contribution >= 4 is 0 Å². The van der Waals surface area contributed by atoms with Crippen LogP contribution in [-0.2, 0) is 18.7 Å². The topological polar surface area (TPSA) is 35.9 Å². The maximum absolute atomic E-state index is 13.5.